The standard InChI is InChI=1S/C33H41NO16/c1-14-6-7-19(35)26-23(14)32-10-11-34(5)17(4)33(32,46)9-8-21(27(32)50-26)49-22(37)13-18(12-20(36)24(38)25(39)29(42)43)31(45)48-16(3)30(44)47-15(2)28(40)41/h6-8,15-18,24-25,27,35,38-39,46H,9-13H2,1-5H3,(H,40,41)(H,42,43)/t15-,16-,17+,18-,24-,25+,27-,32-,33+/m0/s1. The van der Waals surface area contributed by atoms with Gasteiger partial charge < -0.3 is 54.5 Å². The molecule has 0 unspecified atom stereocenters. The molecule has 2 aliphatic heterocycles. The number of aryl methyl sites for hydroxylation is 1. The number of likely N-dealkylation sites (tertiary alicyclic amines) is 1. The number of aliphatic carboxylic acids is 2. The number of ether oxygens (including phenoxy) is 4. The molecule has 17 heteroatoms. The van der Waals surface area contributed by atoms with E-state index in [9.17, 15) is 49.2 Å². The van der Waals surface area contributed by atoms with Crippen LogP contribution in [0.5, 0.6) is 11.5 Å². The monoisotopic (exact) mass is 707 g/mol. The van der Waals surface area contributed by atoms with Crippen LogP contribution in [0.4, 0.5) is 0 Å². The number of piperidine rings is 1. The van der Waals surface area contributed by atoms with Crippen LogP contribution in [0.25, 0.3) is 0 Å². The molecule has 0 amide bonds. The zero-order chi connectivity index (χ0) is 37.5. The van der Waals surface area contributed by atoms with E-state index < -0.39 is 102 Å². The number of aliphatic hydroxyl groups is 3. The summed E-state index contributed by atoms with van der Waals surface area (Å²) < 4.78 is 21.7. The van der Waals surface area contributed by atoms with Crippen molar-refractivity contribution >= 4 is 35.6 Å². The molecule has 0 aromatic heterocycles. The van der Waals surface area contributed by atoms with E-state index in [2.05, 4.69) is 4.74 Å². The number of likely N-dealkylation sites (N-methyl/N-ethyl adjacent to an activating group) is 1. The van der Waals surface area contributed by atoms with Crippen molar-refractivity contribution in [1.29, 1.82) is 0 Å². The number of hydrogen-bond donors (Lipinski definition) is 6. The van der Waals surface area contributed by atoms with E-state index in [4.69, 9.17) is 24.4 Å². The molecule has 17 nitrogen and oxygen atoms in total. The van der Waals surface area contributed by atoms with Gasteiger partial charge in [0.1, 0.15) is 11.9 Å². The first-order valence-corrected chi connectivity index (χ1v) is 15.8. The van der Waals surface area contributed by atoms with Crippen molar-refractivity contribution < 1.29 is 78.4 Å². The lowest BCUT2D eigenvalue weighted by molar-refractivity contribution is -0.177. The molecular formula is C33H41NO16. The Labute approximate surface area is 286 Å². The van der Waals surface area contributed by atoms with Gasteiger partial charge in [-0.2, -0.15) is 0 Å². The molecule has 0 radical (unpaired) electrons. The minimum Gasteiger partial charge on any atom is -0.504 e. The number of aliphatic hydroxyl groups excluding tert-OH is 2. The van der Waals surface area contributed by atoms with Gasteiger partial charge in [-0.25, -0.2) is 14.4 Å². The Bertz CT molecular complexity index is 1610. The van der Waals surface area contributed by atoms with Crippen LogP contribution in [0.3, 0.4) is 0 Å². The largest absolute Gasteiger partial charge is 0.504 e. The molecule has 3 aliphatic rings. The number of phenols is 1. The highest BCUT2D eigenvalue weighted by molar-refractivity contribution is 5.93. The number of Topliss-reactive ketones (excluding diaryl/α,β-unsaturated/α-hetero) is 1. The van der Waals surface area contributed by atoms with E-state index >= 15 is 0 Å². The topological polar surface area (TPSA) is 264 Å². The number of rotatable bonds is 13. The number of esters is 3. The lowest BCUT2D eigenvalue weighted by Gasteiger charge is -2.58. The highest BCUT2D eigenvalue weighted by atomic mass is 16.6. The smallest absolute Gasteiger partial charge is 0.347 e. The zero-order valence-electron chi connectivity index (χ0n) is 28.0. The Hall–Kier alpha value is -4.58. The number of aromatic hydroxyl groups is 1. The minimum absolute atomic E-state index is 0.00681. The lowest BCUT2D eigenvalue weighted by atomic mass is 9.54. The third-order valence-corrected chi connectivity index (χ3v) is 9.90. The number of carbonyl (C=O) groups excluding carboxylic acids is 4. The quantitative estimate of drug-likeness (QED) is 0.114. The molecule has 1 aromatic carbocycles. The first-order chi connectivity index (χ1) is 23.3. The summed E-state index contributed by atoms with van der Waals surface area (Å²) in [6.07, 6.45) is -9.67. The maximum absolute atomic E-state index is 13.5. The fourth-order valence-corrected chi connectivity index (χ4v) is 6.93. The third-order valence-electron chi connectivity index (χ3n) is 9.90. The van der Waals surface area contributed by atoms with Gasteiger partial charge in [0.05, 0.1) is 23.4 Å². The Balaban J connectivity index is 1.62. The number of nitrogens with zero attached hydrogens (tertiary/aromatic N) is 1. The van der Waals surface area contributed by atoms with Crippen molar-refractivity contribution in [1.82, 2.24) is 4.90 Å². The first-order valence-electron chi connectivity index (χ1n) is 15.8. The summed E-state index contributed by atoms with van der Waals surface area (Å²) in [5.41, 5.74) is -1.36. The van der Waals surface area contributed by atoms with E-state index in [-0.39, 0.29) is 23.7 Å². The summed E-state index contributed by atoms with van der Waals surface area (Å²) in [5.74, 6) is -10.5. The number of phenolic OH excluding ortho intramolecular Hbond substituents is 1. The average Bonchev–Trinajstić information content (AvgIpc) is 3.42. The van der Waals surface area contributed by atoms with Crippen molar-refractivity contribution in [3.63, 3.8) is 0 Å². The van der Waals surface area contributed by atoms with Crippen LogP contribution in [-0.4, -0.2) is 127 Å². The summed E-state index contributed by atoms with van der Waals surface area (Å²) in [6, 6.07) is 2.72. The molecule has 1 saturated heterocycles. The number of benzene rings is 1. The van der Waals surface area contributed by atoms with Crippen molar-refractivity contribution in [2.45, 2.75) is 101 Å². The van der Waals surface area contributed by atoms with Gasteiger partial charge in [-0.05, 0) is 65.4 Å². The molecule has 9 atom stereocenters. The minimum atomic E-state index is -2.56. The van der Waals surface area contributed by atoms with Crippen LogP contribution < -0.4 is 4.74 Å². The molecule has 1 aromatic rings. The fraction of sp³-hybridized carbons (Fsp3) is 0.576. The first kappa shape index (κ1) is 38.2. The van der Waals surface area contributed by atoms with Gasteiger partial charge in [0.15, 0.2) is 41.7 Å². The van der Waals surface area contributed by atoms with Crippen molar-refractivity contribution in [2.24, 2.45) is 5.92 Å². The number of carboxylic acids is 2. The third kappa shape index (κ3) is 6.77. The summed E-state index contributed by atoms with van der Waals surface area (Å²) in [4.78, 5) is 75.9. The van der Waals surface area contributed by atoms with Crippen LogP contribution in [-0.2, 0) is 48.4 Å². The van der Waals surface area contributed by atoms with E-state index in [1.165, 1.54) is 12.1 Å². The number of fused-ring (bicyclic) bond motifs is 1. The number of hydrogen-bond acceptors (Lipinski definition) is 15. The highest BCUT2D eigenvalue weighted by Crippen LogP contribution is 2.62. The fourth-order valence-electron chi connectivity index (χ4n) is 6.93. The molecule has 2 heterocycles. The van der Waals surface area contributed by atoms with Crippen molar-refractivity contribution in [3.05, 3.63) is 35.1 Å². The Morgan fingerprint density at radius 2 is 1.62 bits per heavy atom. The average molecular weight is 708 g/mol. The molecule has 1 spiro atoms. The molecule has 1 aliphatic carbocycles. The second kappa shape index (κ2) is 14.3. The number of carbonyl (C=O) groups is 6. The van der Waals surface area contributed by atoms with E-state index in [1.54, 1.807) is 13.0 Å². The van der Waals surface area contributed by atoms with Gasteiger partial charge >= 0.3 is 29.8 Å². The second-order valence-corrected chi connectivity index (χ2v) is 13.0. The van der Waals surface area contributed by atoms with E-state index in [0.717, 1.165) is 19.4 Å². The number of carboxylic acid groups (broad SMARTS) is 2. The molecule has 50 heavy (non-hydrogen) atoms. The summed E-state index contributed by atoms with van der Waals surface area (Å²) in [5, 5.41) is 60.8. The van der Waals surface area contributed by atoms with Gasteiger partial charge in [0.25, 0.3) is 0 Å². The van der Waals surface area contributed by atoms with Crippen LogP contribution in [0, 0.1) is 12.8 Å². The van der Waals surface area contributed by atoms with Crippen LogP contribution in [0.15, 0.2) is 24.0 Å². The Kier molecular flexibility index (Phi) is 11.0. The highest BCUT2D eigenvalue weighted by Gasteiger charge is 2.69. The predicted octanol–water partition coefficient (Wildman–Crippen LogP) is -0.295. The molecule has 274 valence electrons. The van der Waals surface area contributed by atoms with E-state index in [0.29, 0.717) is 18.5 Å². The molecule has 4 rings (SSSR count). The van der Waals surface area contributed by atoms with Gasteiger partial charge in [0.2, 0.25) is 0 Å². The normalized spacial score (nSPS) is 27.0. The predicted molar refractivity (Wildman–Crippen MR) is 166 cm³/mol. The molecule has 0 saturated carbocycles. The van der Waals surface area contributed by atoms with Crippen molar-refractivity contribution in [2.75, 3.05) is 13.6 Å². The zero-order valence-corrected chi connectivity index (χ0v) is 28.0. The Morgan fingerprint density at radius 3 is 2.24 bits per heavy atom. The van der Waals surface area contributed by atoms with E-state index in [1.807, 2.05) is 18.9 Å². The van der Waals surface area contributed by atoms with Gasteiger partial charge in [0, 0.05) is 24.4 Å². The molecule has 0 bridgehead atoms. The maximum Gasteiger partial charge on any atom is 0.347 e. The molecule has 1 fully saturated rings. The maximum atomic E-state index is 13.5. The Morgan fingerprint density at radius 1 is 0.980 bits per heavy atom. The lowest BCUT2D eigenvalue weighted by Crippen LogP contribution is -2.71. The summed E-state index contributed by atoms with van der Waals surface area (Å²) in [7, 11) is 1.86. The van der Waals surface area contributed by atoms with Gasteiger partial charge in [-0.3, -0.25) is 14.4 Å². The number of ketones is 1. The van der Waals surface area contributed by atoms with Crippen LogP contribution >= 0.6 is 0 Å². The van der Waals surface area contributed by atoms with Crippen molar-refractivity contribution in [3.8, 4) is 11.5 Å². The molecular weight excluding hydrogens is 666 g/mol. The molecule has 6 N–H and O–H groups in total. The van der Waals surface area contributed by atoms with Gasteiger partial charge in [-0.15, -0.1) is 0 Å². The SMILES string of the molecule is Cc1ccc(O)c2c1[C@]13CCN(C)[C@H](C)[C@]1(O)CC=C(OC(=O)C[C@H](CC(=O)[C@H](O)[C@@H](O)C(=O)O)C(=O)O[C@@H](C)C(=O)O[C@@H](C)C(=O)O)[C@@H]3O2. The van der Waals surface area contributed by atoms with Crippen LogP contribution in [0.1, 0.15) is 57.6 Å². The van der Waals surface area contributed by atoms with Crippen LogP contribution in [0.2, 0.25) is 0 Å². The summed E-state index contributed by atoms with van der Waals surface area (Å²) >= 11 is 0. The summed E-state index contributed by atoms with van der Waals surface area (Å²) in [6.45, 7) is 6.24. The van der Waals surface area contributed by atoms with Gasteiger partial charge in [-0.1, -0.05) is 6.07 Å². The second-order valence-electron chi connectivity index (χ2n) is 13.0.